The lowest BCUT2D eigenvalue weighted by Gasteiger charge is -2.19. The predicted molar refractivity (Wildman–Crippen MR) is 243 cm³/mol. The number of carboxylic acid groups (broad SMARTS) is 2. The van der Waals surface area contributed by atoms with Gasteiger partial charge in [-0.05, 0) is 177 Å². The molecule has 0 aliphatic rings. The van der Waals surface area contributed by atoms with Crippen molar-refractivity contribution in [2.24, 2.45) is 0 Å². The number of carboxylic acids is 2. The van der Waals surface area contributed by atoms with Crippen molar-refractivity contribution in [3.8, 4) is 0 Å². The van der Waals surface area contributed by atoms with Crippen LogP contribution in [-0.2, 0) is 58.1 Å². The Morgan fingerprint density at radius 1 is 0.448 bits per heavy atom. The van der Waals surface area contributed by atoms with Crippen LogP contribution in [-0.4, -0.2) is 39.0 Å². The maximum absolute atomic E-state index is 13.2. The second kappa shape index (κ2) is 20.5. The number of halogens is 6. The summed E-state index contributed by atoms with van der Waals surface area (Å²) in [4.78, 5) is 21.0. The number of benzene rings is 6. The second-order valence-electron chi connectivity index (χ2n) is 15.8. The van der Waals surface area contributed by atoms with Crippen LogP contribution in [0.1, 0.15) is 81.9 Å². The van der Waals surface area contributed by atoms with Crippen molar-refractivity contribution < 1.29 is 63.0 Å². The first kappa shape index (κ1) is 51.3. The normalized spacial score (nSPS) is 11.9. The van der Waals surface area contributed by atoms with Crippen LogP contribution in [0.4, 0.5) is 37.7 Å². The van der Waals surface area contributed by atoms with Crippen molar-refractivity contribution in [3.63, 3.8) is 0 Å². The van der Waals surface area contributed by atoms with Gasteiger partial charge in [-0.1, -0.05) is 48.5 Å². The minimum atomic E-state index is -5.18. The molecule has 10 nitrogen and oxygen atoms in total. The molecule has 0 unspecified atom stereocenters. The Labute approximate surface area is 384 Å². The lowest BCUT2D eigenvalue weighted by molar-refractivity contribution is -0.143. The van der Waals surface area contributed by atoms with Crippen LogP contribution < -0.4 is 9.44 Å². The van der Waals surface area contributed by atoms with E-state index < -0.39 is 60.4 Å². The van der Waals surface area contributed by atoms with Crippen LogP contribution in [0.25, 0.3) is 0 Å². The highest BCUT2D eigenvalue weighted by atomic mass is 32.2. The summed E-state index contributed by atoms with van der Waals surface area (Å²) < 4.78 is 134. The molecule has 18 heteroatoms. The number of rotatable bonds is 14. The molecule has 0 amide bonds. The van der Waals surface area contributed by atoms with E-state index in [1.165, 1.54) is 24.3 Å². The van der Waals surface area contributed by atoms with Crippen molar-refractivity contribution in [2.45, 2.75) is 82.4 Å². The zero-order chi connectivity index (χ0) is 49.6. The Morgan fingerprint density at radius 3 is 1.03 bits per heavy atom. The third kappa shape index (κ3) is 13.3. The van der Waals surface area contributed by atoms with Crippen LogP contribution in [0.2, 0.25) is 0 Å². The molecule has 6 aromatic carbocycles. The predicted octanol–water partition coefficient (Wildman–Crippen LogP) is 11.5. The summed E-state index contributed by atoms with van der Waals surface area (Å²) in [6.45, 7) is 9.65. The summed E-state index contributed by atoms with van der Waals surface area (Å²) >= 11 is 0. The van der Waals surface area contributed by atoms with Crippen molar-refractivity contribution in [1.29, 1.82) is 0 Å². The number of hydrogen-bond acceptors (Lipinski definition) is 6. The first-order valence-electron chi connectivity index (χ1n) is 20.4. The minimum absolute atomic E-state index is 0.0504. The summed E-state index contributed by atoms with van der Waals surface area (Å²) in [7, 11) is -8.47. The van der Waals surface area contributed by atoms with E-state index in [2.05, 4.69) is 4.72 Å². The highest BCUT2D eigenvalue weighted by Crippen LogP contribution is 2.38. The number of carbonyl (C=O) groups is 2. The summed E-state index contributed by atoms with van der Waals surface area (Å²) in [6, 6.07) is 26.4. The molecule has 0 saturated carbocycles. The van der Waals surface area contributed by atoms with Gasteiger partial charge >= 0.3 is 24.3 Å². The van der Waals surface area contributed by atoms with Crippen molar-refractivity contribution in [3.05, 3.63) is 188 Å². The largest absolute Gasteiger partial charge is 0.478 e. The fraction of sp³-hybridized carbons (Fsp3) is 0.224. The molecule has 67 heavy (non-hydrogen) atoms. The molecule has 354 valence electrons. The number of nitrogens with one attached hydrogen (secondary N) is 2. The van der Waals surface area contributed by atoms with E-state index in [-0.39, 0.29) is 35.0 Å². The van der Waals surface area contributed by atoms with Crippen molar-refractivity contribution in [1.82, 2.24) is 0 Å². The van der Waals surface area contributed by atoms with Crippen LogP contribution in [0.3, 0.4) is 0 Å². The van der Waals surface area contributed by atoms with E-state index in [9.17, 15) is 52.8 Å². The third-order valence-corrected chi connectivity index (χ3v) is 14.3. The Hall–Kier alpha value is -6.66. The Kier molecular flexibility index (Phi) is 15.7. The van der Waals surface area contributed by atoms with Gasteiger partial charge in [-0.3, -0.25) is 9.44 Å². The zero-order valence-corrected chi connectivity index (χ0v) is 38.4. The number of sulfonamides is 2. The summed E-state index contributed by atoms with van der Waals surface area (Å²) in [5.41, 5.74) is 5.87. The molecule has 0 aliphatic heterocycles. The van der Waals surface area contributed by atoms with Crippen LogP contribution >= 0.6 is 0 Å². The van der Waals surface area contributed by atoms with Gasteiger partial charge in [0.1, 0.15) is 0 Å². The molecule has 0 radical (unpaired) electrons. The molecule has 6 aromatic rings. The molecule has 4 N–H and O–H groups in total. The fourth-order valence-corrected chi connectivity index (χ4v) is 9.84. The number of aryl methyl sites for hydroxylation is 4. The quantitative estimate of drug-likeness (QED) is 0.0783. The lowest BCUT2D eigenvalue weighted by atomic mass is 9.95. The maximum Gasteiger partial charge on any atom is 0.416 e. The van der Waals surface area contributed by atoms with Gasteiger partial charge in [0.2, 0.25) is 0 Å². The first-order chi connectivity index (χ1) is 31.2. The Morgan fingerprint density at radius 2 is 0.731 bits per heavy atom. The van der Waals surface area contributed by atoms with Crippen molar-refractivity contribution in [2.75, 3.05) is 9.44 Å². The second-order valence-corrected chi connectivity index (χ2v) is 19.1. The maximum atomic E-state index is 13.2. The van der Waals surface area contributed by atoms with Crippen LogP contribution in [0.15, 0.2) is 125 Å². The Balaban J connectivity index is 0.000000252. The fourth-order valence-electron chi connectivity index (χ4n) is 7.05. The topological polar surface area (TPSA) is 167 Å². The van der Waals surface area contributed by atoms with Gasteiger partial charge in [-0.15, -0.1) is 0 Å². The third-order valence-electron chi connectivity index (χ3n) is 11.3. The molecule has 6 rings (SSSR count). The van der Waals surface area contributed by atoms with Gasteiger partial charge in [0.05, 0.1) is 32.0 Å². The van der Waals surface area contributed by atoms with Gasteiger partial charge < -0.3 is 10.2 Å². The molecule has 0 heterocycles. The number of anilines is 2. The average Bonchev–Trinajstić information content (AvgIpc) is 3.26. The molecule has 0 bridgehead atoms. The summed E-state index contributed by atoms with van der Waals surface area (Å²) in [5, 5.41) is 17.9. The molecule has 0 fully saturated rings. The molecule has 0 atom stereocenters. The van der Waals surface area contributed by atoms with Crippen LogP contribution in [0.5, 0.6) is 0 Å². The van der Waals surface area contributed by atoms with Crippen molar-refractivity contribution >= 4 is 43.4 Å². The van der Waals surface area contributed by atoms with E-state index in [1.807, 2.05) is 63.6 Å². The summed E-state index contributed by atoms with van der Waals surface area (Å²) in [5.74, 6) is -1.98. The number of aromatic carboxylic acids is 2. The first-order valence-corrected chi connectivity index (χ1v) is 23.4. The molecule has 0 saturated heterocycles. The zero-order valence-electron chi connectivity index (χ0n) is 36.7. The minimum Gasteiger partial charge on any atom is -0.478 e. The highest BCUT2D eigenvalue weighted by molar-refractivity contribution is 7.93. The monoisotopic (exact) mass is 968 g/mol. The van der Waals surface area contributed by atoms with Crippen LogP contribution in [0, 0.1) is 34.6 Å². The smallest absolute Gasteiger partial charge is 0.416 e. The van der Waals surface area contributed by atoms with Gasteiger partial charge in [0.25, 0.3) is 20.0 Å². The average molecular weight is 969 g/mol. The van der Waals surface area contributed by atoms with E-state index in [4.69, 9.17) is 10.2 Å². The molecule has 0 spiro atoms. The Bertz CT molecular complexity index is 2930. The van der Waals surface area contributed by atoms with E-state index >= 15 is 0 Å². The molecule has 0 aliphatic carbocycles. The molecular formula is C49H46F6N2O8S2. The van der Waals surface area contributed by atoms with Gasteiger partial charge in [0.15, 0.2) is 0 Å². The lowest BCUT2D eigenvalue weighted by Crippen LogP contribution is -2.17. The number of alkyl halides is 6. The van der Waals surface area contributed by atoms with E-state index in [0.717, 1.165) is 62.9 Å². The standard InChI is InChI=1S/C26H29NO4S.C23H17F6NO4S/c1-16-17(2)19(4)25(20(5)18(16)3)32(30,31)27-24-14-10-22(11-15-24)7-6-21-8-12-23(13-9-21)26(28)29;24-22(25,26)17-11-18(23(27,28)29)13-20(12-17)35(33,34)30-19-9-5-15(6-10-19)2-1-14-3-7-16(8-4-14)21(31)32/h8-15,27H,6-7H2,1-5H3,(H,28,29);3-13,30H,1-2H2,(H,31,32). The molecule has 0 aromatic heterocycles. The van der Waals surface area contributed by atoms with E-state index in [1.54, 1.807) is 48.5 Å². The van der Waals surface area contributed by atoms with E-state index in [0.29, 0.717) is 23.4 Å². The van der Waals surface area contributed by atoms with Gasteiger partial charge in [-0.25, -0.2) is 26.4 Å². The van der Waals surface area contributed by atoms with Gasteiger partial charge in [-0.2, -0.15) is 26.3 Å². The number of hydrogen-bond donors (Lipinski definition) is 4. The summed E-state index contributed by atoms with van der Waals surface area (Å²) in [6.07, 6.45) is -7.75. The SMILES string of the molecule is Cc1c(C)c(C)c(S(=O)(=O)Nc2ccc(CCc3ccc(C(=O)O)cc3)cc2)c(C)c1C.O=C(O)c1ccc(CCc2ccc(NS(=O)(=O)c3cc(C(F)(F)F)cc(C(F)(F)F)c3)cc2)cc1. The van der Waals surface area contributed by atoms with Gasteiger partial charge in [0, 0.05) is 11.4 Å². The molecular weight excluding hydrogens is 923 g/mol. The highest BCUT2D eigenvalue weighted by Gasteiger charge is 2.38.